The summed E-state index contributed by atoms with van der Waals surface area (Å²) in [5, 5.41) is 9.46. The first kappa shape index (κ1) is 40.7. The molecule has 0 aliphatic rings. The van der Waals surface area contributed by atoms with Crippen LogP contribution in [-0.4, -0.2) is 49.5 Å². The molecule has 6 aromatic rings. The zero-order valence-electron chi connectivity index (χ0n) is 31.4. The summed E-state index contributed by atoms with van der Waals surface area (Å²) < 4.78 is 9.98. The summed E-state index contributed by atoms with van der Waals surface area (Å²) in [6.07, 6.45) is 0.968. The van der Waals surface area contributed by atoms with Gasteiger partial charge in [0.25, 0.3) is 0 Å². The smallest absolute Gasteiger partial charge is 0.118 e. The van der Waals surface area contributed by atoms with E-state index >= 15 is 0 Å². The van der Waals surface area contributed by atoms with Crippen molar-refractivity contribution in [2.45, 2.75) is 34.9 Å². The molecule has 0 aliphatic heterocycles. The van der Waals surface area contributed by atoms with Crippen LogP contribution >= 0.6 is 23.5 Å². The molecule has 0 bridgehead atoms. The van der Waals surface area contributed by atoms with Crippen LogP contribution in [0.5, 0.6) is 11.5 Å². The lowest BCUT2D eigenvalue weighted by Gasteiger charge is -2.36. The molecule has 0 saturated heterocycles. The Morgan fingerprint density at radius 1 is 0.463 bits per heavy atom. The first-order valence-corrected chi connectivity index (χ1v) is 20.3. The van der Waals surface area contributed by atoms with Gasteiger partial charge in [-0.3, -0.25) is 0 Å². The van der Waals surface area contributed by atoms with E-state index in [4.69, 9.17) is 20.9 Å². The Hall–Kier alpha value is -4.50. The van der Waals surface area contributed by atoms with E-state index in [2.05, 4.69) is 140 Å². The van der Waals surface area contributed by atoms with Crippen LogP contribution in [0.2, 0.25) is 0 Å². The molecule has 5 nitrogen and oxygen atoms in total. The van der Waals surface area contributed by atoms with Gasteiger partial charge in [-0.25, -0.2) is 0 Å². The van der Waals surface area contributed by atoms with Gasteiger partial charge in [0, 0.05) is 23.6 Å². The van der Waals surface area contributed by atoms with Crippen LogP contribution in [0, 0.1) is 0 Å². The fourth-order valence-electron chi connectivity index (χ4n) is 6.48. The van der Waals surface area contributed by atoms with Gasteiger partial charge in [0.2, 0.25) is 0 Å². The molecule has 280 valence electrons. The van der Waals surface area contributed by atoms with Crippen molar-refractivity contribution in [1.29, 1.82) is 0 Å². The maximum absolute atomic E-state index is 9.46. The number of rotatable bonds is 16. The molecule has 0 radical (unpaired) electrons. The molecule has 0 aliphatic carbocycles. The Bertz CT molecular complexity index is 1710. The second-order valence-electron chi connectivity index (χ2n) is 13.0. The third kappa shape index (κ3) is 9.59. The molecule has 0 amide bonds. The van der Waals surface area contributed by atoms with Crippen molar-refractivity contribution in [3.8, 4) is 11.5 Å². The third-order valence-corrected chi connectivity index (χ3v) is 13.0. The molecule has 0 unspecified atom stereocenters. The topological polar surface area (TPSA) is 90.7 Å². The van der Waals surface area contributed by atoms with Crippen molar-refractivity contribution < 1.29 is 14.6 Å². The molecular formula is C47H52N2O3S2. The number of methoxy groups -OCH3 is 2. The molecule has 7 heteroatoms. The maximum atomic E-state index is 9.46. The average Bonchev–Trinajstić information content (AvgIpc) is 3.26. The van der Waals surface area contributed by atoms with E-state index in [1.54, 1.807) is 26.0 Å². The first-order chi connectivity index (χ1) is 26.4. The van der Waals surface area contributed by atoms with Crippen molar-refractivity contribution in [3.63, 3.8) is 0 Å². The molecule has 0 spiro atoms. The van der Waals surface area contributed by atoms with Gasteiger partial charge in [0.05, 0.1) is 30.3 Å². The van der Waals surface area contributed by atoms with E-state index in [0.717, 1.165) is 29.2 Å². The lowest BCUT2D eigenvalue weighted by molar-refractivity contribution is 0.275. The number of hydrogen-bond donors (Lipinski definition) is 3. The van der Waals surface area contributed by atoms with Gasteiger partial charge < -0.3 is 26.0 Å². The molecule has 0 fully saturated rings. The zero-order valence-corrected chi connectivity index (χ0v) is 33.0. The predicted octanol–water partition coefficient (Wildman–Crippen LogP) is 9.50. The molecule has 5 N–H and O–H groups in total. The number of aliphatic hydroxyl groups is 1. The molecule has 6 aromatic carbocycles. The second kappa shape index (κ2) is 20.3. The van der Waals surface area contributed by atoms with E-state index in [1.807, 2.05) is 48.2 Å². The summed E-state index contributed by atoms with van der Waals surface area (Å²) in [6, 6.07) is 58.8. The largest absolute Gasteiger partial charge is 0.497 e. The Labute approximate surface area is 330 Å². The maximum Gasteiger partial charge on any atom is 0.118 e. The van der Waals surface area contributed by atoms with Crippen LogP contribution in [0.3, 0.4) is 0 Å². The number of thioether (sulfide) groups is 2. The Kier molecular flexibility index (Phi) is 15.3. The minimum absolute atomic E-state index is 0.0325. The van der Waals surface area contributed by atoms with Gasteiger partial charge in [0.15, 0.2) is 0 Å². The number of nitrogens with two attached hydrogens (primary N) is 2. The Balaban J connectivity index is 0.000000208. The van der Waals surface area contributed by atoms with Crippen LogP contribution in [0.4, 0.5) is 0 Å². The number of hydrogen-bond acceptors (Lipinski definition) is 7. The highest BCUT2D eigenvalue weighted by atomic mass is 32.2. The molecular weight excluding hydrogens is 705 g/mol. The van der Waals surface area contributed by atoms with Gasteiger partial charge in [-0.05, 0) is 64.1 Å². The van der Waals surface area contributed by atoms with Crippen LogP contribution in [-0.2, 0) is 9.49 Å². The zero-order chi connectivity index (χ0) is 38.2. The highest BCUT2D eigenvalue weighted by Gasteiger charge is 2.38. The summed E-state index contributed by atoms with van der Waals surface area (Å²) in [5.74, 6) is 3.20. The number of ether oxygens (including phenoxy) is 2. The van der Waals surface area contributed by atoms with Crippen LogP contribution in [0.15, 0.2) is 170 Å². The van der Waals surface area contributed by atoms with E-state index in [9.17, 15) is 5.11 Å². The van der Waals surface area contributed by atoms with E-state index in [0.29, 0.717) is 5.75 Å². The van der Waals surface area contributed by atoms with Crippen molar-refractivity contribution in [2.75, 3.05) is 32.3 Å². The van der Waals surface area contributed by atoms with Gasteiger partial charge in [0.1, 0.15) is 11.5 Å². The van der Waals surface area contributed by atoms with Gasteiger partial charge in [-0.2, -0.15) is 0 Å². The highest BCUT2D eigenvalue weighted by molar-refractivity contribution is 8.00. The van der Waals surface area contributed by atoms with E-state index in [1.165, 1.54) is 27.8 Å². The predicted molar refractivity (Wildman–Crippen MR) is 230 cm³/mol. The Morgan fingerprint density at radius 2 is 0.741 bits per heavy atom. The summed E-state index contributed by atoms with van der Waals surface area (Å²) >= 11 is 3.66. The summed E-state index contributed by atoms with van der Waals surface area (Å²) in [7, 11) is 3.37. The molecule has 54 heavy (non-hydrogen) atoms. The normalized spacial score (nSPS) is 12.6. The highest BCUT2D eigenvalue weighted by Crippen LogP contribution is 2.50. The van der Waals surface area contributed by atoms with Crippen LogP contribution < -0.4 is 20.9 Å². The Morgan fingerprint density at radius 3 is 1.00 bits per heavy atom. The lowest BCUT2D eigenvalue weighted by atomic mass is 9.84. The molecule has 0 heterocycles. The van der Waals surface area contributed by atoms with Gasteiger partial charge in [-0.1, -0.05) is 153 Å². The average molecular weight is 757 g/mol. The van der Waals surface area contributed by atoms with Crippen molar-refractivity contribution in [3.05, 3.63) is 203 Å². The van der Waals surface area contributed by atoms with Crippen molar-refractivity contribution >= 4 is 23.5 Å². The third-order valence-electron chi connectivity index (χ3n) is 9.50. The van der Waals surface area contributed by atoms with E-state index in [-0.39, 0.29) is 23.4 Å². The fourth-order valence-corrected chi connectivity index (χ4v) is 9.56. The quantitative estimate of drug-likeness (QED) is 0.0848. The van der Waals surface area contributed by atoms with Gasteiger partial charge in [-0.15, -0.1) is 23.5 Å². The van der Waals surface area contributed by atoms with Gasteiger partial charge >= 0.3 is 0 Å². The van der Waals surface area contributed by atoms with Crippen LogP contribution in [0.1, 0.15) is 46.7 Å². The standard InChI is InChI=1S/C24H27NOS.C23H25NO2S/c1-3-22(25)18-27-24(19-10-6-4-7-11-19,20-12-8-5-9-13-20)21-14-16-23(26-2)17-15-21;1-26-22-14-12-20(13-15-22)23(27-17-21(24)16-25,18-8-4-2-5-9-18)19-10-6-3-7-11-19/h4-17,22H,3,18,25H2,1-2H3;2-15,21,25H,16-17,24H2,1H3/t22-;21-/m01/s1. The van der Waals surface area contributed by atoms with Crippen molar-refractivity contribution in [2.24, 2.45) is 11.5 Å². The molecule has 2 atom stereocenters. The lowest BCUT2D eigenvalue weighted by Crippen LogP contribution is -2.32. The first-order valence-electron chi connectivity index (χ1n) is 18.3. The molecule has 0 aromatic heterocycles. The summed E-state index contributed by atoms with van der Waals surface area (Å²) in [6.45, 7) is 2.11. The van der Waals surface area contributed by atoms with Crippen LogP contribution in [0.25, 0.3) is 0 Å². The van der Waals surface area contributed by atoms with E-state index < -0.39 is 4.75 Å². The fraction of sp³-hybridized carbons (Fsp3) is 0.234. The monoisotopic (exact) mass is 756 g/mol. The molecule has 0 saturated carbocycles. The SMILES string of the molecule is CC[C@H](N)CSC(c1ccccc1)(c1ccccc1)c1ccc(OC)cc1.COc1ccc(C(SC[C@H](N)CO)(c2ccccc2)c2ccccc2)cc1. The summed E-state index contributed by atoms with van der Waals surface area (Å²) in [5.41, 5.74) is 19.6. The summed E-state index contributed by atoms with van der Waals surface area (Å²) in [4.78, 5) is 0. The molecule has 6 rings (SSSR count). The number of aliphatic hydroxyl groups excluding tert-OH is 1. The second-order valence-corrected chi connectivity index (χ2v) is 15.5. The number of benzene rings is 6. The minimum atomic E-state index is -0.429. The minimum Gasteiger partial charge on any atom is -0.497 e. The van der Waals surface area contributed by atoms with Crippen molar-refractivity contribution in [1.82, 2.24) is 0 Å².